The Labute approximate surface area is 168 Å². The van der Waals surface area contributed by atoms with Gasteiger partial charge >= 0.3 is 0 Å². The second-order valence-corrected chi connectivity index (χ2v) is 6.30. The predicted molar refractivity (Wildman–Crippen MR) is 110 cm³/mol. The standard InChI is InChI=1S/C22H19ClN2O3/c1-27-19-10-8-18(9-11-19)22(26)25-24-14-17-7-12-21(20(23)13-17)28-15-16-5-3-2-4-6-16/h2-14H,15H2,1H3,(H,25,26)/b24-14+. The highest BCUT2D eigenvalue weighted by atomic mass is 35.5. The van der Waals surface area contributed by atoms with Crippen LogP contribution in [-0.2, 0) is 6.61 Å². The van der Waals surface area contributed by atoms with Crippen molar-refractivity contribution in [2.24, 2.45) is 5.10 Å². The van der Waals surface area contributed by atoms with Gasteiger partial charge in [-0.05, 0) is 53.6 Å². The summed E-state index contributed by atoms with van der Waals surface area (Å²) < 4.78 is 10.8. The van der Waals surface area contributed by atoms with Crippen LogP contribution in [0.3, 0.4) is 0 Å². The van der Waals surface area contributed by atoms with Crippen LogP contribution in [0.2, 0.25) is 5.02 Å². The highest BCUT2D eigenvalue weighted by Gasteiger charge is 2.05. The second kappa shape index (κ2) is 9.58. The molecule has 6 heteroatoms. The summed E-state index contributed by atoms with van der Waals surface area (Å²) in [6.07, 6.45) is 1.52. The van der Waals surface area contributed by atoms with Gasteiger partial charge < -0.3 is 9.47 Å². The molecule has 28 heavy (non-hydrogen) atoms. The van der Waals surface area contributed by atoms with Gasteiger partial charge in [-0.25, -0.2) is 5.43 Å². The summed E-state index contributed by atoms with van der Waals surface area (Å²) in [7, 11) is 1.57. The zero-order valence-corrected chi connectivity index (χ0v) is 16.0. The highest BCUT2D eigenvalue weighted by Crippen LogP contribution is 2.25. The van der Waals surface area contributed by atoms with Gasteiger partial charge in [0.15, 0.2) is 0 Å². The van der Waals surface area contributed by atoms with E-state index in [9.17, 15) is 4.79 Å². The van der Waals surface area contributed by atoms with Crippen LogP contribution in [0.25, 0.3) is 0 Å². The van der Waals surface area contributed by atoms with Gasteiger partial charge in [0, 0.05) is 5.56 Å². The Kier molecular flexibility index (Phi) is 6.65. The normalized spacial score (nSPS) is 10.6. The van der Waals surface area contributed by atoms with E-state index in [1.165, 1.54) is 6.21 Å². The summed E-state index contributed by atoms with van der Waals surface area (Å²) in [6, 6.07) is 21.9. The number of nitrogens with one attached hydrogen (secondary N) is 1. The number of halogens is 1. The SMILES string of the molecule is COc1ccc(C(=O)N/N=C/c2ccc(OCc3ccccc3)c(Cl)c2)cc1. The van der Waals surface area contributed by atoms with Crippen LogP contribution in [-0.4, -0.2) is 19.2 Å². The minimum absolute atomic E-state index is 0.312. The average molecular weight is 395 g/mol. The molecule has 0 bridgehead atoms. The fourth-order valence-electron chi connectivity index (χ4n) is 2.42. The van der Waals surface area contributed by atoms with Crippen LogP contribution >= 0.6 is 11.6 Å². The molecule has 0 aromatic heterocycles. The molecule has 0 saturated heterocycles. The molecule has 1 amide bonds. The minimum atomic E-state index is -0.312. The molecule has 0 aliphatic heterocycles. The summed E-state index contributed by atoms with van der Waals surface area (Å²) in [5.41, 5.74) is 4.77. The van der Waals surface area contributed by atoms with Gasteiger partial charge in [0.2, 0.25) is 0 Å². The molecule has 3 aromatic carbocycles. The first-order valence-corrected chi connectivity index (χ1v) is 8.97. The van der Waals surface area contributed by atoms with Gasteiger partial charge in [0.25, 0.3) is 5.91 Å². The molecule has 0 atom stereocenters. The molecule has 3 rings (SSSR count). The van der Waals surface area contributed by atoms with Gasteiger partial charge in [0.1, 0.15) is 18.1 Å². The molecule has 0 saturated carbocycles. The van der Waals surface area contributed by atoms with Gasteiger partial charge in [-0.1, -0.05) is 41.9 Å². The lowest BCUT2D eigenvalue weighted by Gasteiger charge is -2.08. The Bertz CT molecular complexity index is 957. The molecule has 0 unspecified atom stereocenters. The first kappa shape index (κ1) is 19.5. The van der Waals surface area contributed by atoms with Crippen molar-refractivity contribution in [1.29, 1.82) is 0 Å². The third kappa shape index (κ3) is 5.34. The van der Waals surface area contributed by atoms with Crippen LogP contribution in [0, 0.1) is 0 Å². The van der Waals surface area contributed by atoms with Crippen molar-refractivity contribution in [3.63, 3.8) is 0 Å². The number of hydrogen-bond donors (Lipinski definition) is 1. The van der Waals surface area contributed by atoms with Crippen molar-refractivity contribution < 1.29 is 14.3 Å². The zero-order chi connectivity index (χ0) is 19.8. The van der Waals surface area contributed by atoms with Crippen molar-refractivity contribution in [1.82, 2.24) is 5.43 Å². The fraction of sp³-hybridized carbons (Fsp3) is 0.0909. The fourth-order valence-corrected chi connectivity index (χ4v) is 2.67. The number of nitrogens with zero attached hydrogens (tertiary/aromatic N) is 1. The molecule has 142 valence electrons. The number of carbonyl (C=O) groups is 1. The number of hydrogen-bond acceptors (Lipinski definition) is 4. The van der Waals surface area contributed by atoms with Crippen LogP contribution < -0.4 is 14.9 Å². The molecular weight excluding hydrogens is 376 g/mol. The minimum Gasteiger partial charge on any atom is -0.497 e. The Morgan fingerprint density at radius 3 is 2.50 bits per heavy atom. The first-order chi connectivity index (χ1) is 13.7. The molecule has 0 aliphatic rings. The lowest BCUT2D eigenvalue weighted by molar-refractivity contribution is 0.0955. The van der Waals surface area contributed by atoms with Crippen molar-refractivity contribution in [3.05, 3.63) is 94.5 Å². The molecule has 0 spiro atoms. The van der Waals surface area contributed by atoms with Crippen LogP contribution in [0.1, 0.15) is 21.5 Å². The van der Waals surface area contributed by atoms with E-state index in [1.807, 2.05) is 36.4 Å². The quantitative estimate of drug-likeness (QED) is 0.467. The molecule has 1 N–H and O–H groups in total. The van der Waals surface area contributed by atoms with Crippen LogP contribution in [0.5, 0.6) is 11.5 Å². The third-order valence-corrected chi connectivity index (χ3v) is 4.22. The Balaban J connectivity index is 1.56. The third-order valence-electron chi connectivity index (χ3n) is 3.93. The smallest absolute Gasteiger partial charge is 0.271 e. The summed E-state index contributed by atoms with van der Waals surface area (Å²) in [6.45, 7) is 0.436. The summed E-state index contributed by atoms with van der Waals surface area (Å²) in [4.78, 5) is 12.1. The molecule has 3 aromatic rings. The van der Waals surface area contributed by atoms with E-state index in [-0.39, 0.29) is 5.91 Å². The van der Waals surface area contributed by atoms with Gasteiger partial charge in [-0.15, -0.1) is 0 Å². The lowest BCUT2D eigenvalue weighted by atomic mass is 10.2. The molecule has 5 nitrogen and oxygen atoms in total. The molecular formula is C22H19ClN2O3. The summed E-state index contributed by atoms with van der Waals surface area (Å²) in [5.74, 6) is 0.960. The average Bonchev–Trinajstić information content (AvgIpc) is 2.74. The number of benzene rings is 3. The molecule has 0 radical (unpaired) electrons. The van der Waals surface area contributed by atoms with Crippen molar-refractivity contribution >= 4 is 23.7 Å². The first-order valence-electron chi connectivity index (χ1n) is 8.59. The van der Waals surface area contributed by atoms with Crippen LogP contribution in [0.15, 0.2) is 77.9 Å². The maximum Gasteiger partial charge on any atom is 0.271 e. The van der Waals surface area contributed by atoms with Gasteiger partial charge in [-0.3, -0.25) is 4.79 Å². The number of ether oxygens (including phenoxy) is 2. The summed E-state index contributed by atoms with van der Waals surface area (Å²) >= 11 is 6.28. The van der Waals surface area contributed by atoms with E-state index >= 15 is 0 Å². The molecule has 0 aliphatic carbocycles. The Hall–Kier alpha value is -3.31. The Morgan fingerprint density at radius 1 is 1.07 bits per heavy atom. The molecule has 0 heterocycles. The number of amides is 1. The summed E-state index contributed by atoms with van der Waals surface area (Å²) in [5, 5.41) is 4.44. The Morgan fingerprint density at radius 2 is 1.82 bits per heavy atom. The number of rotatable bonds is 7. The zero-order valence-electron chi connectivity index (χ0n) is 15.3. The predicted octanol–water partition coefficient (Wildman–Crippen LogP) is 4.69. The second-order valence-electron chi connectivity index (χ2n) is 5.89. The monoisotopic (exact) mass is 394 g/mol. The van der Waals surface area contributed by atoms with E-state index in [0.29, 0.717) is 28.7 Å². The van der Waals surface area contributed by atoms with Crippen LogP contribution in [0.4, 0.5) is 0 Å². The topological polar surface area (TPSA) is 59.9 Å². The van der Waals surface area contributed by atoms with E-state index in [0.717, 1.165) is 11.1 Å². The van der Waals surface area contributed by atoms with Gasteiger partial charge in [0.05, 0.1) is 18.3 Å². The van der Waals surface area contributed by atoms with E-state index < -0.39 is 0 Å². The molecule has 0 fully saturated rings. The van der Waals surface area contributed by atoms with Gasteiger partial charge in [-0.2, -0.15) is 5.10 Å². The van der Waals surface area contributed by atoms with E-state index in [1.54, 1.807) is 43.5 Å². The maximum atomic E-state index is 12.1. The number of carbonyl (C=O) groups excluding carboxylic acids is 1. The number of hydrazone groups is 1. The van der Waals surface area contributed by atoms with Crippen molar-refractivity contribution in [3.8, 4) is 11.5 Å². The largest absolute Gasteiger partial charge is 0.497 e. The van der Waals surface area contributed by atoms with E-state index in [2.05, 4.69) is 10.5 Å². The maximum absolute atomic E-state index is 12.1. The number of methoxy groups -OCH3 is 1. The lowest BCUT2D eigenvalue weighted by Crippen LogP contribution is -2.17. The van der Waals surface area contributed by atoms with E-state index in [4.69, 9.17) is 21.1 Å². The van der Waals surface area contributed by atoms with Crippen molar-refractivity contribution in [2.45, 2.75) is 6.61 Å². The highest BCUT2D eigenvalue weighted by molar-refractivity contribution is 6.32. The van der Waals surface area contributed by atoms with Crippen molar-refractivity contribution in [2.75, 3.05) is 7.11 Å².